The second-order valence-corrected chi connectivity index (χ2v) is 6.66. The Hall–Kier alpha value is -3.37. The number of hydrogen-bond acceptors (Lipinski definition) is 5. The van der Waals surface area contributed by atoms with Crippen molar-refractivity contribution in [2.45, 2.75) is 13.5 Å². The molecule has 0 aliphatic heterocycles. The molecule has 2 aromatic heterocycles. The van der Waals surface area contributed by atoms with Crippen molar-refractivity contribution in [1.29, 1.82) is 5.26 Å². The van der Waals surface area contributed by atoms with Crippen LogP contribution in [0.2, 0.25) is 0 Å². The van der Waals surface area contributed by atoms with Gasteiger partial charge >= 0.3 is 5.97 Å². The minimum absolute atomic E-state index is 0.0000667. The summed E-state index contributed by atoms with van der Waals surface area (Å²) in [6, 6.07) is 9.64. The Morgan fingerprint density at radius 2 is 2.22 bits per heavy atom. The van der Waals surface area contributed by atoms with E-state index in [0.717, 1.165) is 27.8 Å². The van der Waals surface area contributed by atoms with E-state index in [1.54, 1.807) is 13.0 Å². The van der Waals surface area contributed by atoms with Crippen molar-refractivity contribution in [3.8, 4) is 6.07 Å². The number of nitriles is 1. The van der Waals surface area contributed by atoms with Crippen LogP contribution in [0.15, 0.2) is 47.9 Å². The molecule has 1 aromatic carbocycles. The van der Waals surface area contributed by atoms with Crippen LogP contribution in [-0.4, -0.2) is 22.1 Å². The molecule has 0 atom stereocenters. The third-order valence-electron chi connectivity index (χ3n) is 3.99. The van der Waals surface area contributed by atoms with E-state index in [2.05, 4.69) is 11.6 Å². The monoisotopic (exact) mass is 379 g/mol. The number of H-pyrrole nitrogens is 1. The molecule has 0 saturated carbocycles. The topological polar surface area (TPSA) is 87.9 Å². The Morgan fingerprint density at radius 1 is 1.44 bits per heavy atom. The second kappa shape index (κ2) is 7.89. The number of nitrogens with one attached hydrogen (secondary N) is 1. The van der Waals surface area contributed by atoms with E-state index in [1.807, 2.05) is 36.5 Å². The number of nitrogens with zero attached hydrogens (tertiary/aromatic N) is 2. The molecule has 0 bridgehead atoms. The van der Waals surface area contributed by atoms with Gasteiger partial charge in [0.05, 0.1) is 4.53 Å². The van der Waals surface area contributed by atoms with Gasteiger partial charge in [-0.25, -0.2) is 4.79 Å². The normalized spacial score (nSPS) is 12.7. The van der Waals surface area contributed by atoms with Gasteiger partial charge in [0, 0.05) is 29.2 Å². The van der Waals surface area contributed by atoms with E-state index >= 15 is 0 Å². The average Bonchev–Trinajstić information content (AvgIpc) is 3.22. The van der Waals surface area contributed by atoms with Crippen LogP contribution in [0.4, 0.5) is 0 Å². The minimum atomic E-state index is -0.764. The largest absolute Gasteiger partial charge is 0.457 e. The fourth-order valence-corrected chi connectivity index (χ4v) is 3.88. The summed E-state index contributed by atoms with van der Waals surface area (Å²) in [6.07, 6.45) is 5.02. The molecular formula is C20H17N3O3S. The Balaban J connectivity index is 2.24. The van der Waals surface area contributed by atoms with E-state index < -0.39 is 5.97 Å². The maximum absolute atomic E-state index is 12.8. The molecule has 0 aliphatic rings. The van der Waals surface area contributed by atoms with E-state index in [9.17, 15) is 14.9 Å². The van der Waals surface area contributed by atoms with Crippen LogP contribution in [0.5, 0.6) is 0 Å². The standard InChI is InChI=1S/C20H17N3O3S/c1-3-9-26-20(25)15(11-21)19-23(4-2)18(24)17(27-19)10-13-12-22-16-8-6-5-7-14(13)16/h3,5-8,10,12,22H,1,4,9H2,2H3/b17-10?,19-15-. The molecule has 0 unspecified atom stereocenters. The molecular weight excluding hydrogens is 362 g/mol. The molecule has 136 valence electrons. The first kappa shape index (κ1) is 18.4. The first-order valence-electron chi connectivity index (χ1n) is 8.30. The molecule has 1 N–H and O–H groups in total. The zero-order chi connectivity index (χ0) is 19.4. The van der Waals surface area contributed by atoms with Crippen molar-refractivity contribution in [2.24, 2.45) is 0 Å². The number of aromatic nitrogens is 2. The van der Waals surface area contributed by atoms with E-state index in [4.69, 9.17) is 4.74 Å². The lowest BCUT2D eigenvalue weighted by Gasteiger charge is -2.00. The van der Waals surface area contributed by atoms with Gasteiger partial charge in [0.25, 0.3) is 5.56 Å². The molecule has 2 heterocycles. The van der Waals surface area contributed by atoms with Gasteiger partial charge in [-0.2, -0.15) is 5.26 Å². The molecule has 0 aliphatic carbocycles. The number of esters is 1. The number of carbonyl (C=O) groups excluding carboxylic acids is 1. The summed E-state index contributed by atoms with van der Waals surface area (Å²) in [6.45, 7) is 5.61. The first-order chi connectivity index (χ1) is 13.1. The van der Waals surface area contributed by atoms with Gasteiger partial charge in [-0.15, -0.1) is 11.3 Å². The van der Waals surface area contributed by atoms with Crippen LogP contribution in [-0.2, 0) is 16.1 Å². The van der Waals surface area contributed by atoms with Crippen LogP contribution in [0, 0.1) is 11.3 Å². The lowest BCUT2D eigenvalue weighted by Crippen LogP contribution is -2.32. The quantitative estimate of drug-likeness (QED) is 0.539. The Bertz CT molecular complexity index is 1240. The zero-order valence-corrected chi connectivity index (χ0v) is 15.5. The van der Waals surface area contributed by atoms with Crippen molar-refractivity contribution in [2.75, 3.05) is 6.61 Å². The molecule has 0 amide bonds. The van der Waals surface area contributed by atoms with Gasteiger partial charge in [0.2, 0.25) is 0 Å². The second-order valence-electron chi connectivity index (χ2n) is 5.63. The summed E-state index contributed by atoms with van der Waals surface area (Å²) in [4.78, 5) is 28.1. The third kappa shape index (κ3) is 3.48. The number of ether oxygens (including phenoxy) is 1. The van der Waals surface area contributed by atoms with Gasteiger partial charge in [-0.05, 0) is 19.1 Å². The number of hydrogen-bond donors (Lipinski definition) is 1. The smallest absolute Gasteiger partial charge is 0.352 e. The summed E-state index contributed by atoms with van der Waals surface area (Å²) in [5, 5.41) is 10.4. The van der Waals surface area contributed by atoms with Crippen LogP contribution in [0.25, 0.3) is 22.6 Å². The number of aromatic amines is 1. The summed E-state index contributed by atoms with van der Waals surface area (Å²) in [7, 11) is 0. The van der Waals surface area contributed by atoms with Crippen molar-refractivity contribution < 1.29 is 9.53 Å². The number of fused-ring (bicyclic) bond motifs is 1. The highest BCUT2D eigenvalue weighted by Gasteiger charge is 2.16. The molecule has 7 heteroatoms. The van der Waals surface area contributed by atoms with Crippen molar-refractivity contribution >= 4 is 39.9 Å². The maximum Gasteiger partial charge on any atom is 0.352 e. The van der Waals surface area contributed by atoms with Crippen LogP contribution in [0.1, 0.15) is 12.5 Å². The fraction of sp³-hybridized carbons (Fsp3) is 0.150. The lowest BCUT2D eigenvalue weighted by molar-refractivity contribution is -0.135. The fourth-order valence-electron chi connectivity index (χ4n) is 2.73. The average molecular weight is 379 g/mol. The molecule has 0 spiro atoms. The summed E-state index contributed by atoms with van der Waals surface area (Å²) < 4.78 is 7.13. The highest BCUT2D eigenvalue weighted by molar-refractivity contribution is 7.07. The van der Waals surface area contributed by atoms with Gasteiger partial charge in [-0.1, -0.05) is 30.9 Å². The van der Waals surface area contributed by atoms with Gasteiger partial charge in [0.1, 0.15) is 17.3 Å². The number of rotatable bonds is 5. The highest BCUT2D eigenvalue weighted by Crippen LogP contribution is 2.17. The molecule has 0 saturated heterocycles. The SMILES string of the molecule is C=CCOC(=O)/C(C#N)=c1\sc(=Cc2c[nH]c3ccccc23)c(=O)n1CC. The Kier molecular flexibility index (Phi) is 5.38. The van der Waals surface area contributed by atoms with Crippen molar-refractivity contribution in [3.05, 3.63) is 68.2 Å². The molecule has 0 radical (unpaired) electrons. The van der Waals surface area contributed by atoms with Crippen LogP contribution in [0.3, 0.4) is 0 Å². The zero-order valence-electron chi connectivity index (χ0n) is 14.7. The predicted octanol–water partition coefficient (Wildman–Crippen LogP) is 1.64. The van der Waals surface area contributed by atoms with E-state index in [1.165, 1.54) is 10.6 Å². The lowest BCUT2D eigenvalue weighted by atomic mass is 10.2. The molecule has 3 rings (SSSR count). The van der Waals surface area contributed by atoms with Crippen molar-refractivity contribution in [1.82, 2.24) is 9.55 Å². The van der Waals surface area contributed by atoms with E-state index in [-0.39, 0.29) is 17.7 Å². The number of para-hydroxylation sites is 1. The Morgan fingerprint density at radius 3 is 2.93 bits per heavy atom. The summed E-state index contributed by atoms with van der Waals surface area (Å²) >= 11 is 1.11. The minimum Gasteiger partial charge on any atom is -0.457 e. The first-order valence-corrected chi connectivity index (χ1v) is 9.12. The summed E-state index contributed by atoms with van der Waals surface area (Å²) in [5.74, 6) is -0.764. The van der Waals surface area contributed by atoms with E-state index in [0.29, 0.717) is 15.7 Å². The van der Waals surface area contributed by atoms with Crippen molar-refractivity contribution in [3.63, 3.8) is 0 Å². The maximum atomic E-state index is 12.8. The predicted molar refractivity (Wildman–Crippen MR) is 106 cm³/mol. The number of thiazole rings is 1. The van der Waals surface area contributed by atoms with Gasteiger partial charge in [-0.3, -0.25) is 9.36 Å². The number of benzene rings is 1. The number of carbonyl (C=O) groups is 1. The summed E-state index contributed by atoms with van der Waals surface area (Å²) in [5.41, 5.74) is 1.41. The third-order valence-corrected chi connectivity index (χ3v) is 5.12. The molecule has 27 heavy (non-hydrogen) atoms. The van der Waals surface area contributed by atoms with Crippen LogP contribution < -0.4 is 14.8 Å². The molecule has 0 fully saturated rings. The Labute approximate surface area is 158 Å². The van der Waals surface area contributed by atoms with Gasteiger partial charge < -0.3 is 9.72 Å². The molecule has 3 aromatic rings. The highest BCUT2D eigenvalue weighted by atomic mass is 32.1. The van der Waals surface area contributed by atoms with Crippen LogP contribution >= 0.6 is 11.3 Å². The molecule has 6 nitrogen and oxygen atoms in total. The van der Waals surface area contributed by atoms with Gasteiger partial charge in [0.15, 0.2) is 5.57 Å².